The van der Waals surface area contributed by atoms with Gasteiger partial charge < -0.3 is 24.5 Å². The van der Waals surface area contributed by atoms with E-state index in [9.17, 15) is 18.0 Å². The molecule has 2 amide bonds. The van der Waals surface area contributed by atoms with Crippen LogP contribution in [0.15, 0.2) is 70.3 Å². The average molecular weight is 631 g/mol. The molecule has 4 heterocycles. The summed E-state index contributed by atoms with van der Waals surface area (Å²) in [6.45, 7) is 3.45. The first kappa shape index (κ1) is 29.8. The summed E-state index contributed by atoms with van der Waals surface area (Å²) in [4.78, 5) is 32.2. The Morgan fingerprint density at radius 1 is 1.07 bits per heavy atom. The molecule has 1 aliphatic heterocycles. The van der Waals surface area contributed by atoms with Crippen molar-refractivity contribution in [3.8, 4) is 17.1 Å². The number of benzene rings is 2. The topological polar surface area (TPSA) is 172 Å². The van der Waals surface area contributed by atoms with E-state index in [1.807, 2.05) is 12.1 Å². The van der Waals surface area contributed by atoms with Crippen LogP contribution >= 0.6 is 0 Å². The van der Waals surface area contributed by atoms with Crippen molar-refractivity contribution in [1.82, 2.24) is 28.8 Å². The summed E-state index contributed by atoms with van der Waals surface area (Å²) in [6.07, 6.45) is 3.71. The molecule has 0 unspecified atom stereocenters. The van der Waals surface area contributed by atoms with Crippen molar-refractivity contribution in [2.45, 2.75) is 31.7 Å². The Bertz CT molecular complexity index is 2010. The zero-order valence-electron chi connectivity index (χ0n) is 25.0. The molecule has 5 aromatic rings. The highest BCUT2D eigenvalue weighted by atomic mass is 32.2. The third-order valence-electron chi connectivity index (χ3n) is 7.72. The Morgan fingerprint density at radius 2 is 1.73 bits per heavy atom. The summed E-state index contributed by atoms with van der Waals surface area (Å²) < 4.78 is 41.2. The Kier molecular flexibility index (Phi) is 7.50. The van der Waals surface area contributed by atoms with Crippen LogP contribution < -0.4 is 15.4 Å². The maximum absolute atomic E-state index is 13.9. The van der Waals surface area contributed by atoms with E-state index in [2.05, 4.69) is 15.2 Å². The van der Waals surface area contributed by atoms with Crippen LogP contribution in [-0.4, -0.2) is 69.7 Å². The van der Waals surface area contributed by atoms with Crippen LogP contribution in [-0.2, 0) is 23.0 Å². The molecule has 0 bridgehead atoms. The van der Waals surface area contributed by atoms with E-state index in [1.165, 1.54) is 16.0 Å². The van der Waals surface area contributed by atoms with E-state index < -0.39 is 15.9 Å². The fourth-order valence-electron chi connectivity index (χ4n) is 5.48. The molecule has 45 heavy (non-hydrogen) atoms. The molecule has 0 fully saturated rings. The van der Waals surface area contributed by atoms with Crippen LogP contribution in [0, 0.1) is 13.8 Å². The van der Waals surface area contributed by atoms with E-state index >= 15 is 0 Å². The second-order valence-electron chi connectivity index (χ2n) is 10.5. The van der Waals surface area contributed by atoms with Crippen molar-refractivity contribution in [3.05, 3.63) is 95.2 Å². The van der Waals surface area contributed by atoms with Crippen molar-refractivity contribution in [1.29, 1.82) is 0 Å². The number of carbonyl (C=O) groups is 2. The van der Waals surface area contributed by atoms with Crippen LogP contribution in [0.2, 0.25) is 0 Å². The molecule has 1 aliphatic rings. The highest BCUT2D eigenvalue weighted by Crippen LogP contribution is 2.30. The lowest BCUT2D eigenvalue weighted by molar-refractivity contribution is 0.0972. The summed E-state index contributed by atoms with van der Waals surface area (Å²) in [6, 6.07) is 14.2. The number of amides is 2. The molecule has 0 spiro atoms. The molecule has 0 aliphatic carbocycles. The van der Waals surface area contributed by atoms with Gasteiger partial charge in [-0.2, -0.15) is 9.40 Å². The van der Waals surface area contributed by atoms with Crippen LogP contribution in [0.1, 0.15) is 43.8 Å². The zero-order valence-corrected chi connectivity index (χ0v) is 25.8. The number of hydrogen-bond donors (Lipinski definition) is 1. The Balaban J connectivity index is 1.27. The molecule has 15 heteroatoms. The highest BCUT2D eigenvalue weighted by molar-refractivity contribution is 7.89. The Morgan fingerprint density at radius 3 is 2.36 bits per heavy atom. The smallest absolute Gasteiger partial charge is 0.277 e. The van der Waals surface area contributed by atoms with Gasteiger partial charge in [-0.1, -0.05) is 5.16 Å². The number of primary amides is 1. The van der Waals surface area contributed by atoms with E-state index in [1.54, 1.807) is 79.2 Å². The lowest BCUT2D eigenvalue weighted by atomic mass is 10.0. The number of aryl methyl sites for hydroxylation is 2. The molecular formula is C30H30N8O6S. The number of imidazole rings is 1. The second kappa shape index (κ2) is 11.3. The predicted octanol–water partition coefficient (Wildman–Crippen LogP) is 2.79. The zero-order chi connectivity index (χ0) is 32.0. The molecular weight excluding hydrogens is 600 g/mol. The van der Waals surface area contributed by atoms with Gasteiger partial charge in [0.2, 0.25) is 10.0 Å². The SMILES string of the molecule is COc1ccc(-n2nc(C(N)=O)c3c2C(=O)N(c2ccc(-n4ccnc4CN(C)S(=O)(=O)c4c(C)noc4C)cc2)CC3)cc1. The average Bonchev–Trinajstić information content (AvgIpc) is 3.75. The van der Waals surface area contributed by atoms with Crippen molar-refractivity contribution in [3.63, 3.8) is 0 Å². The van der Waals surface area contributed by atoms with E-state index in [0.717, 1.165) is 5.69 Å². The van der Waals surface area contributed by atoms with Crippen LogP contribution in [0.25, 0.3) is 11.4 Å². The van der Waals surface area contributed by atoms with Crippen LogP contribution in [0.3, 0.4) is 0 Å². The fraction of sp³-hybridized carbons (Fsp3) is 0.233. The lowest BCUT2D eigenvalue weighted by Gasteiger charge is -2.28. The lowest BCUT2D eigenvalue weighted by Crippen LogP contribution is -2.39. The van der Waals surface area contributed by atoms with Crippen molar-refractivity contribution in [2.24, 2.45) is 5.73 Å². The van der Waals surface area contributed by atoms with E-state index in [4.69, 9.17) is 15.0 Å². The number of aromatic nitrogens is 5. The predicted molar refractivity (Wildman–Crippen MR) is 162 cm³/mol. The molecule has 232 valence electrons. The highest BCUT2D eigenvalue weighted by Gasteiger charge is 2.35. The van der Waals surface area contributed by atoms with Gasteiger partial charge in [0.15, 0.2) is 11.5 Å². The first-order valence-corrected chi connectivity index (χ1v) is 15.3. The minimum atomic E-state index is -3.88. The minimum Gasteiger partial charge on any atom is -0.497 e. The largest absolute Gasteiger partial charge is 0.497 e. The molecule has 0 atom stereocenters. The number of methoxy groups -OCH3 is 1. The van der Waals surface area contributed by atoms with Gasteiger partial charge in [-0.15, -0.1) is 0 Å². The second-order valence-corrected chi connectivity index (χ2v) is 12.5. The molecule has 0 radical (unpaired) electrons. The monoisotopic (exact) mass is 630 g/mol. The van der Waals surface area contributed by atoms with Crippen molar-refractivity contribution < 1.29 is 27.3 Å². The summed E-state index contributed by atoms with van der Waals surface area (Å²) in [7, 11) is -0.848. The number of nitrogens with two attached hydrogens (primary N) is 1. The third kappa shape index (κ3) is 5.15. The molecule has 6 rings (SSSR count). The maximum atomic E-state index is 13.9. The summed E-state index contributed by atoms with van der Waals surface area (Å²) in [5.41, 5.74) is 8.69. The molecule has 2 aromatic carbocycles. The maximum Gasteiger partial charge on any atom is 0.277 e. The van der Waals surface area contributed by atoms with Gasteiger partial charge in [0, 0.05) is 42.9 Å². The van der Waals surface area contributed by atoms with Gasteiger partial charge >= 0.3 is 0 Å². The number of sulfonamides is 1. The third-order valence-corrected chi connectivity index (χ3v) is 9.77. The van der Waals surface area contributed by atoms with Gasteiger partial charge in [-0.05, 0) is 68.8 Å². The summed E-state index contributed by atoms with van der Waals surface area (Å²) >= 11 is 0. The van der Waals surface area contributed by atoms with Gasteiger partial charge in [-0.25, -0.2) is 18.1 Å². The first-order valence-electron chi connectivity index (χ1n) is 13.9. The number of hydrogen-bond acceptors (Lipinski definition) is 9. The Labute approximate surface area is 258 Å². The van der Waals surface area contributed by atoms with Gasteiger partial charge in [0.25, 0.3) is 11.8 Å². The number of anilines is 1. The van der Waals surface area contributed by atoms with Gasteiger partial charge in [0.1, 0.15) is 27.9 Å². The molecule has 2 N–H and O–H groups in total. The summed E-state index contributed by atoms with van der Waals surface area (Å²) in [5.74, 6) is 0.314. The number of rotatable bonds is 9. The van der Waals surface area contributed by atoms with Crippen molar-refractivity contribution in [2.75, 3.05) is 25.6 Å². The standard InChI is InChI=1S/C30H30N8O6S/c1-18-28(19(2)44-34-18)45(41,42)35(3)17-25-32-14-16-36(25)20-5-7-21(8-6-20)37-15-13-24-26(29(31)39)33-38(27(24)30(37)40)22-9-11-23(43-4)12-10-22/h5-12,14,16H,13,15,17H2,1-4H3,(H2,31,39). The first-order chi connectivity index (χ1) is 21.5. The number of carbonyl (C=O) groups excluding carboxylic acids is 2. The molecule has 3 aromatic heterocycles. The van der Waals surface area contributed by atoms with E-state index in [0.29, 0.717) is 41.5 Å². The number of fused-ring (bicyclic) bond motifs is 1. The quantitative estimate of drug-likeness (QED) is 0.257. The minimum absolute atomic E-state index is 0.00786. The van der Waals surface area contributed by atoms with Crippen molar-refractivity contribution >= 4 is 27.5 Å². The molecule has 0 saturated heterocycles. The van der Waals surface area contributed by atoms with Crippen LogP contribution in [0.5, 0.6) is 5.75 Å². The molecule has 0 saturated carbocycles. The fourth-order valence-corrected chi connectivity index (χ4v) is 6.89. The van der Waals surface area contributed by atoms with Gasteiger partial charge in [-0.3, -0.25) is 9.59 Å². The Hall–Kier alpha value is -5.28. The van der Waals surface area contributed by atoms with Gasteiger partial charge in [0.05, 0.1) is 19.3 Å². The number of ether oxygens (including phenoxy) is 1. The number of nitrogens with zero attached hydrogens (tertiary/aromatic N) is 7. The summed E-state index contributed by atoms with van der Waals surface area (Å²) in [5, 5.41) is 8.18. The normalized spacial score (nSPS) is 13.4. The van der Waals surface area contributed by atoms with E-state index in [-0.39, 0.29) is 40.2 Å². The van der Waals surface area contributed by atoms with Crippen LogP contribution in [0.4, 0.5) is 5.69 Å². The molecule has 14 nitrogen and oxygen atoms in total.